The predicted octanol–water partition coefficient (Wildman–Crippen LogP) is 3.47. The molecule has 0 radical (unpaired) electrons. The van der Waals surface area contributed by atoms with E-state index in [9.17, 15) is 9.59 Å². The van der Waals surface area contributed by atoms with Crippen LogP contribution in [0, 0.1) is 5.92 Å². The molecule has 8 nitrogen and oxygen atoms in total. The molecule has 0 bridgehead atoms. The molecule has 0 unspecified atom stereocenters. The van der Waals surface area contributed by atoms with Crippen molar-refractivity contribution in [2.24, 2.45) is 5.92 Å². The van der Waals surface area contributed by atoms with Crippen molar-refractivity contribution in [3.63, 3.8) is 0 Å². The minimum absolute atomic E-state index is 0.0936. The number of rotatable bonds is 5. The maximum atomic E-state index is 12.9. The molecule has 4 aromatic rings. The summed E-state index contributed by atoms with van der Waals surface area (Å²) < 4.78 is 12.6. The highest BCUT2D eigenvalue weighted by molar-refractivity contribution is 7.12. The van der Waals surface area contributed by atoms with Gasteiger partial charge in [-0.15, -0.1) is 11.3 Å². The number of aromatic amines is 1. The summed E-state index contributed by atoms with van der Waals surface area (Å²) in [4.78, 5) is 26.9. The Morgan fingerprint density at radius 1 is 1.29 bits per heavy atom. The summed E-state index contributed by atoms with van der Waals surface area (Å²) in [7, 11) is 1.61. The van der Waals surface area contributed by atoms with E-state index in [0.717, 1.165) is 34.8 Å². The second-order valence-corrected chi connectivity index (χ2v) is 8.61. The fourth-order valence-electron chi connectivity index (χ4n) is 4.10. The molecule has 1 aliphatic rings. The first kappa shape index (κ1) is 19.6. The number of nitrogens with one attached hydrogen (secondary N) is 1. The zero-order valence-electron chi connectivity index (χ0n) is 17.0. The molecular formula is C22H22N4O4S. The van der Waals surface area contributed by atoms with Crippen molar-refractivity contribution in [2.45, 2.75) is 19.3 Å². The number of piperidine rings is 1. The van der Waals surface area contributed by atoms with Crippen molar-refractivity contribution >= 4 is 28.2 Å². The van der Waals surface area contributed by atoms with E-state index >= 15 is 0 Å². The van der Waals surface area contributed by atoms with Gasteiger partial charge >= 0.3 is 5.69 Å². The van der Waals surface area contributed by atoms with Crippen molar-refractivity contribution in [3.8, 4) is 10.8 Å². The van der Waals surface area contributed by atoms with E-state index in [1.807, 2.05) is 40.6 Å². The van der Waals surface area contributed by atoms with Crippen LogP contribution in [0.3, 0.4) is 0 Å². The first-order chi connectivity index (χ1) is 15.1. The molecule has 1 aliphatic heterocycles. The summed E-state index contributed by atoms with van der Waals surface area (Å²) in [6, 6.07) is 11.1. The minimum Gasteiger partial charge on any atom is -0.497 e. The number of fused-ring (bicyclic) bond motifs is 1. The number of H-pyrrole nitrogens is 1. The lowest BCUT2D eigenvalue weighted by Crippen LogP contribution is -2.39. The van der Waals surface area contributed by atoms with Gasteiger partial charge in [-0.2, -0.15) is 5.10 Å². The zero-order chi connectivity index (χ0) is 21.4. The van der Waals surface area contributed by atoms with Gasteiger partial charge in [0.2, 0.25) is 0 Å². The summed E-state index contributed by atoms with van der Waals surface area (Å²) >= 11 is 1.51. The standard InChI is InChI=1S/C22H22N4O4S/c1-29-16-4-5-17-15(12-16)13-18(30-17)21(27)25-8-6-14(7-9-25)11-19-23-24-22(28)26(19)20-3-2-10-31-20/h2-5,10,12-14H,6-9,11H2,1H3,(H,24,28). The molecular weight excluding hydrogens is 416 g/mol. The van der Waals surface area contributed by atoms with Crippen LogP contribution in [0.5, 0.6) is 5.75 Å². The smallest absolute Gasteiger partial charge is 0.348 e. The lowest BCUT2D eigenvalue weighted by molar-refractivity contribution is 0.0660. The fraction of sp³-hybridized carbons (Fsp3) is 0.318. The van der Waals surface area contributed by atoms with Gasteiger partial charge in [0.1, 0.15) is 22.2 Å². The summed E-state index contributed by atoms with van der Waals surface area (Å²) in [5.74, 6) is 2.08. The topological polar surface area (TPSA) is 93.4 Å². The lowest BCUT2D eigenvalue weighted by atomic mass is 9.93. The molecule has 1 saturated heterocycles. The Bertz CT molecular complexity index is 1260. The van der Waals surface area contributed by atoms with E-state index < -0.39 is 0 Å². The number of thiophene rings is 1. The second-order valence-electron chi connectivity index (χ2n) is 7.69. The van der Waals surface area contributed by atoms with Crippen LogP contribution in [0.15, 0.2) is 51.0 Å². The van der Waals surface area contributed by atoms with Gasteiger partial charge in [-0.05, 0) is 60.5 Å². The fourth-order valence-corrected chi connectivity index (χ4v) is 4.85. The molecule has 0 aliphatic carbocycles. The Balaban J connectivity index is 1.25. The van der Waals surface area contributed by atoms with Crippen molar-refractivity contribution in [1.29, 1.82) is 0 Å². The molecule has 0 atom stereocenters. The number of ether oxygens (including phenoxy) is 1. The van der Waals surface area contributed by atoms with E-state index in [0.29, 0.717) is 36.8 Å². The number of aromatic nitrogens is 3. The van der Waals surface area contributed by atoms with Crippen molar-refractivity contribution in [2.75, 3.05) is 20.2 Å². The largest absolute Gasteiger partial charge is 0.497 e. The molecule has 5 rings (SSSR count). The normalized spacial score (nSPS) is 14.9. The van der Waals surface area contributed by atoms with Gasteiger partial charge in [0.15, 0.2) is 5.76 Å². The van der Waals surface area contributed by atoms with E-state index in [2.05, 4.69) is 10.2 Å². The monoisotopic (exact) mass is 438 g/mol. The number of carbonyl (C=O) groups is 1. The molecule has 0 spiro atoms. The number of likely N-dealkylation sites (tertiary alicyclic amines) is 1. The van der Waals surface area contributed by atoms with Gasteiger partial charge in [-0.3, -0.25) is 4.79 Å². The van der Waals surface area contributed by atoms with Crippen LogP contribution in [0.1, 0.15) is 29.2 Å². The number of methoxy groups -OCH3 is 1. The lowest BCUT2D eigenvalue weighted by Gasteiger charge is -2.31. The first-order valence-corrected chi connectivity index (χ1v) is 11.1. The van der Waals surface area contributed by atoms with Crippen LogP contribution in [0.25, 0.3) is 16.0 Å². The predicted molar refractivity (Wildman–Crippen MR) is 117 cm³/mol. The summed E-state index contributed by atoms with van der Waals surface area (Å²) in [5, 5.41) is 10.4. The number of amides is 1. The molecule has 160 valence electrons. The zero-order valence-corrected chi connectivity index (χ0v) is 17.9. The van der Waals surface area contributed by atoms with E-state index in [4.69, 9.17) is 9.15 Å². The van der Waals surface area contributed by atoms with Gasteiger partial charge in [-0.1, -0.05) is 0 Å². The molecule has 3 aromatic heterocycles. The highest BCUT2D eigenvalue weighted by Crippen LogP contribution is 2.27. The number of hydrogen-bond donors (Lipinski definition) is 1. The van der Waals surface area contributed by atoms with E-state index in [-0.39, 0.29) is 11.6 Å². The van der Waals surface area contributed by atoms with E-state index in [1.54, 1.807) is 17.7 Å². The highest BCUT2D eigenvalue weighted by atomic mass is 32.1. The third-order valence-electron chi connectivity index (χ3n) is 5.78. The van der Waals surface area contributed by atoms with Gasteiger partial charge in [0.05, 0.1) is 7.11 Å². The quantitative estimate of drug-likeness (QED) is 0.515. The van der Waals surface area contributed by atoms with Crippen LogP contribution in [0.4, 0.5) is 0 Å². The first-order valence-electron chi connectivity index (χ1n) is 10.2. The van der Waals surface area contributed by atoms with Crippen LogP contribution < -0.4 is 10.4 Å². The maximum absolute atomic E-state index is 12.9. The van der Waals surface area contributed by atoms with Crippen molar-refractivity contribution in [3.05, 3.63) is 63.8 Å². The summed E-state index contributed by atoms with van der Waals surface area (Å²) in [6.45, 7) is 1.30. The van der Waals surface area contributed by atoms with Gasteiger partial charge < -0.3 is 14.1 Å². The number of hydrogen-bond acceptors (Lipinski definition) is 6. The Hall–Kier alpha value is -3.33. The van der Waals surface area contributed by atoms with Gasteiger partial charge in [-0.25, -0.2) is 14.5 Å². The van der Waals surface area contributed by atoms with Gasteiger partial charge in [0.25, 0.3) is 5.91 Å². The highest BCUT2D eigenvalue weighted by Gasteiger charge is 2.27. The van der Waals surface area contributed by atoms with Crippen LogP contribution in [0.2, 0.25) is 0 Å². The Morgan fingerprint density at radius 2 is 2.13 bits per heavy atom. The Kier molecular flexibility index (Phi) is 5.11. The van der Waals surface area contributed by atoms with Crippen molar-refractivity contribution in [1.82, 2.24) is 19.7 Å². The number of nitrogens with zero attached hydrogens (tertiary/aromatic N) is 3. The average Bonchev–Trinajstić information content (AvgIpc) is 3.53. The van der Waals surface area contributed by atoms with E-state index in [1.165, 1.54) is 11.3 Å². The molecule has 31 heavy (non-hydrogen) atoms. The summed E-state index contributed by atoms with van der Waals surface area (Å²) in [5.41, 5.74) is 0.454. The maximum Gasteiger partial charge on any atom is 0.348 e. The van der Waals surface area contributed by atoms with Crippen LogP contribution in [-0.2, 0) is 6.42 Å². The van der Waals surface area contributed by atoms with Gasteiger partial charge in [0, 0.05) is 24.9 Å². The molecule has 1 fully saturated rings. The van der Waals surface area contributed by atoms with Crippen LogP contribution >= 0.6 is 11.3 Å². The molecule has 0 saturated carbocycles. The molecule has 1 aromatic carbocycles. The Labute approximate surface area is 182 Å². The number of furan rings is 1. The number of carbonyl (C=O) groups excluding carboxylic acids is 1. The SMILES string of the molecule is COc1ccc2oc(C(=O)N3CCC(Cc4n[nH]c(=O)n4-c4cccs4)CC3)cc2c1. The molecule has 1 N–H and O–H groups in total. The van der Waals surface area contributed by atoms with Crippen molar-refractivity contribution < 1.29 is 13.9 Å². The second kappa shape index (κ2) is 8.07. The third-order valence-corrected chi connectivity index (χ3v) is 6.63. The molecule has 4 heterocycles. The van der Waals surface area contributed by atoms with Crippen LogP contribution in [-0.4, -0.2) is 45.8 Å². The molecule has 1 amide bonds. The average molecular weight is 439 g/mol. The molecule has 9 heteroatoms. The summed E-state index contributed by atoms with van der Waals surface area (Å²) in [6.07, 6.45) is 2.40. The third kappa shape index (κ3) is 3.76. The number of benzene rings is 1. The minimum atomic E-state index is -0.216. The Morgan fingerprint density at radius 3 is 2.87 bits per heavy atom.